The van der Waals surface area contributed by atoms with Gasteiger partial charge in [0.15, 0.2) is 0 Å². The van der Waals surface area contributed by atoms with Gasteiger partial charge in [0.05, 0.1) is 11.0 Å². The molecule has 0 unspecified atom stereocenters. The van der Waals surface area contributed by atoms with E-state index in [9.17, 15) is 0 Å². The Labute approximate surface area is 103 Å². The molecular weight excluding hydrogens is 268 g/mol. The number of aryl methyl sites for hydroxylation is 2. The summed E-state index contributed by atoms with van der Waals surface area (Å²) in [4.78, 5) is 7.88. The lowest BCUT2D eigenvalue weighted by molar-refractivity contribution is 0.284. The summed E-state index contributed by atoms with van der Waals surface area (Å²) in [6.45, 7) is 2.32. The smallest absolute Gasteiger partial charge is 0.107 e. The van der Waals surface area contributed by atoms with Gasteiger partial charge in [-0.05, 0) is 37.5 Å². The number of imidazole rings is 1. The van der Waals surface area contributed by atoms with Gasteiger partial charge < -0.3 is 10.1 Å². The number of aliphatic hydroxyl groups is 1. The number of H-pyrrole nitrogens is 1. The Morgan fingerprint density at radius 2 is 2.19 bits per heavy atom. The number of nitrogens with zero attached hydrogens (tertiary/aromatic N) is 1. The topological polar surface area (TPSA) is 48.9 Å². The predicted octanol–water partition coefficient (Wildman–Crippen LogP) is 2.95. The fraction of sp³-hybridized carbons (Fsp3) is 0.417. The van der Waals surface area contributed by atoms with Crippen LogP contribution in [-0.4, -0.2) is 21.7 Å². The summed E-state index contributed by atoms with van der Waals surface area (Å²) in [6.07, 6.45) is 2.70. The molecule has 0 atom stereocenters. The van der Waals surface area contributed by atoms with Gasteiger partial charge in [0.1, 0.15) is 5.82 Å². The largest absolute Gasteiger partial charge is 0.396 e. The first-order valence-electron chi connectivity index (χ1n) is 5.46. The van der Waals surface area contributed by atoms with Gasteiger partial charge in [0.2, 0.25) is 0 Å². The minimum Gasteiger partial charge on any atom is -0.396 e. The maximum absolute atomic E-state index is 8.73. The standard InChI is InChI=1S/C12H15BrN2O/c1-8-6-9(13)7-10-12(8)15-11(14-10)4-2-3-5-16/h6-7,16H,2-5H2,1H3,(H,14,15). The molecule has 2 aromatic rings. The summed E-state index contributed by atoms with van der Waals surface area (Å²) in [5.41, 5.74) is 3.29. The molecule has 0 spiro atoms. The van der Waals surface area contributed by atoms with Gasteiger partial charge in [-0.15, -0.1) is 0 Å². The fourth-order valence-electron chi connectivity index (χ4n) is 1.82. The van der Waals surface area contributed by atoms with Crippen LogP contribution in [0.1, 0.15) is 24.2 Å². The van der Waals surface area contributed by atoms with E-state index in [1.54, 1.807) is 0 Å². The number of aromatic nitrogens is 2. The number of hydrogen-bond donors (Lipinski definition) is 2. The second-order valence-electron chi connectivity index (χ2n) is 3.98. The molecule has 0 amide bonds. The average Bonchev–Trinajstić information content (AvgIpc) is 2.61. The second-order valence-corrected chi connectivity index (χ2v) is 4.90. The molecule has 0 saturated heterocycles. The third kappa shape index (κ3) is 2.44. The lowest BCUT2D eigenvalue weighted by Crippen LogP contribution is -1.90. The van der Waals surface area contributed by atoms with Crippen LogP contribution in [0, 0.1) is 6.92 Å². The molecular formula is C12H15BrN2O. The molecule has 2 rings (SSSR count). The molecule has 0 saturated carbocycles. The van der Waals surface area contributed by atoms with E-state index in [2.05, 4.69) is 38.9 Å². The highest BCUT2D eigenvalue weighted by molar-refractivity contribution is 9.10. The van der Waals surface area contributed by atoms with Gasteiger partial charge in [-0.2, -0.15) is 0 Å². The molecule has 1 heterocycles. The zero-order chi connectivity index (χ0) is 11.5. The Kier molecular flexibility index (Phi) is 3.61. The van der Waals surface area contributed by atoms with E-state index >= 15 is 0 Å². The molecule has 1 aromatic carbocycles. The zero-order valence-corrected chi connectivity index (χ0v) is 10.8. The van der Waals surface area contributed by atoms with Crippen molar-refractivity contribution in [2.75, 3.05) is 6.61 Å². The van der Waals surface area contributed by atoms with Crippen LogP contribution < -0.4 is 0 Å². The van der Waals surface area contributed by atoms with E-state index in [0.717, 1.165) is 40.6 Å². The van der Waals surface area contributed by atoms with Gasteiger partial charge in [-0.3, -0.25) is 0 Å². The number of benzene rings is 1. The van der Waals surface area contributed by atoms with Crippen LogP contribution in [0.4, 0.5) is 0 Å². The number of aromatic amines is 1. The number of fused-ring (bicyclic) bond motifs is 1. The molecule has 16 heavy (non-hydrogen) atoms. The van der Waals surface area contributed by atoms with E-state index in [-0.39, 0.29) is 6.61 Å². The van der Waals surface area contributed by atoms with E-state index in [4.69, 9.17) is 5.11 Å². The third-order valence-electron chi connectivity index (χ3n) is 2.61. The van der Waals surface area contributed by atoms with Crippen LogP contribution in [0.25, 0.3) is 11.0 Å². The Morgan fingerprint density at radius 1 is 1.38 bits per heavy atom. The van der Waals surface area contributed by atoms with Crippen molar-refractivity contribution in [2.45, 2.75) is 26.2 Å². The van der Waals surface area contributed by atoms with Crippen molar-refractivity contribution in [3.05, 3.63) is 28.0 Å². The Balaban J connectivity index is 2.26. The molecule has 86 valence electrons. The van der Waals surface area contributed by atoms with E-state index < -0.39 is 0 Å². The predicted molar refractivity (Wildman–Crippen MR) is 68.6 cm³/mol. The first-order chi connectivity index (χ1) is 7.70. The number of rotatable bonds is 4. The molecule has 0 fully saturated rings. The van der Waals surface area contributed by atoms with Crippen LogP contribution in [0.2, 0.25) is 0 Å². The van der Waals surface area contributed by atoms with Crippen LogP contribution in [0.5, 0.6) is 0 Å². The highest BCUT2D eigenvalue weighted by Crippen LogP contribution is 2.22. The molecule has 4 heteroatoms. The summed E-state index contributed by atoms with van der Waals surface area (Å²) >= 11 is 3.48. The van der Waals surface area contributed by atoms with Gasteiger partial charge in [0, 0.05) is 17.5 Å². The molecule has 3 nitrogen and oxygen atoms in total. The Bertz CT molecular complexity index is 493. The van der Waals surface area contributed by atoms with Crippen molar-refractivity contribution in [1.82, 2.24) is 9.97 Å². The summed E-state index contributed by atoms with van der Waals surface area (Å²) in [5.74, 6) is 1.00. The molecule has 0 radical (unpaired) electrons. The van der Waals surface area contributed by atoms with Crippen molar-refractivity contribution in [2.24, 2.45) is 0 Å². The van der Waals surface area contributed by atoms with Gasteiger partial charge in [-0.25, -0.2) is 4.98 Å². The number of unbranched alkanes of at least 4 members (excludes halogenated alkanes) is 1. The molecule has 1 aromatic heterocycles. The minimum atomic E-state index is 0.255. The first kappa shape index (κ1) is 11.6. The quantitative estimate of drug-likeness (QED) is 0.847. The number of halogens is 1. The van der Waals surface area contributed by atoms with Crippen molar-refractivity contribution >= 4 is 27.0 Å². The molecule has 0 bridgehead atoms. The summed E-state index contributed by atoms with van der Waals surface area (Å²) in [7, 11) is 0. The van der Waals surface area contributed by atoms with Crippen molar-refractivity contribution in [3.8, 4) is 0 Å². The lowest BCUT2D eigenvalue weighted by Gasteiger charge is -1.94. The molecule has 0 aliphatic rings. The highest BCUT2D eigenvalue weighted by atomic mass is 79.9. The molecule has 2 N–H and O–H groups in total. The Hall–Kier alpha value is -0.870. The second kappa shape index (κ2) is 4.97. The number of hydrogen-bond acceptors (Lipinski definition) is 2. The van der Waals surface area contributed by atoms with Crippen molar-refractivity contribution in [3.63, 3.8) is 0 Å². The maximum Gasteiger partial charge on any atom is 0.107 e. The molecule has 0 aliphatic carbocycles. The highest BCUT2D eigenvalue weighted by Gasteiger charge is 2.06. The van der Waals surface area contributed by atoms with E-state index in [1.165, 1.54) is 5.56 Å². The minimum absolute atomic E-state index is 0.255. The van der Waals surface area contributed by atoms with Crippen LogP contribution in [-0.2, 0) is 6.42 Å². The Morgan fingerprint density at radius 3 is 2.94 bits per heavy atom. The van der Waals surface area contributed by atoms with Gasteiger partial charge in [-0.1, -0.05) is 15.9 Å². The van der Waals surface area contributed by atoms with Crippen molar-refractivity contribution in [1.29, 1.82) is 0 Å². The van der Waals surface area contributed by atoms with Gasteiger partial charge >= 0.3 is 0 Å². The van der Waals surface area contributed by atoms with Crippen LogP contribution in [0.15, 0.2) is 16.6 Å². The zero-order valence-electron chi connectivity index (χ0n) is 9.26. The first-order valence-corrected chi connectivity index (χ1v) is 6.25. The fourth-order valence-corrected chi connectivity index (χ4v) is 2.39. The summed E-state index contributed by atoms with van der Waals surface area (Å²) in [5, 5.41) is 8.73. The lowest BCUT2D eigenvalue weighted by atomic mass is 10.2. The number of aliphatic hydroxyl groups excluding tert-OH is 1. The van der Waals surface area contributed by atoms with Gasteiger partial charge in [0.25, 0.3) is 0 Å². The number of nitrogens with one attached hydrogen (secondary N) is 1. The average molecular weight is 283 g/mol. The van der Waals surface area contributed by atoms with Crippen LogP contribution >= 0.6 is 15.9 Å². The molecule has 0 aliphatic heterocycles. The normalized spacial score (nSPS) is 11.2. The SMILES string of the molecule is Cc1cc(Br)cc2[nH]c(CCCCO)nc12. The van der Waals surface area contributed by atoms with E-state index in [0.29, 0.717) is 0 Å². The summed E-state index contributed by atoms with van der Waals surface area (Å²) in [6, 6.07) is 4.12. The van der Waals surface area contributed by atoms with E-state index in [1.807, 2.05) is 6.07 Å². The van der Waals surface area contributed by atoms with Crippen molar-refractivity contribution < 1.29 is 5.11 Å². The van der Waals surface area contributed by atoms with Crippen LogP contribution in [0.3, 0.4) is 0 Å². The summed E-state index contributed by atoms with van der Waals surface area (Å²) < 4.78 is 1.07. The third-order valence-corrected chi connectivity index (χ3v) is 3.07. The maximum atomic E-state index is 8.73. The monoisotopic (exact) mass is 282 g/mol.